The Hall–Kier alpha value is -3.00. The van der Waals surface area contributed by atoms with Crippen LogP contribution in [0.3, 0.4) is 0 Å². The Morgan fingerprint density at radius 2 is 2.00 bits per heavy atom. The van der Waals surface area contributed by atoms with Crippen LogP contribution in [0.5, 0.6) is 0 Å². The summed E-state index contributed by atoms with van der Waals surface area (Å²) in [6.07, 6.45) is 4.67. The van der Waals surface area contributed by atoms with Gasteiger partial charge in [-0.1, -0.05) is 12.1 Å². The number of benzene rings is 1. The molecule has 0 atom stereocenters. The Kier molecular flexibility index (Phi) is 4.26. The van der Waals surface area contributed by atoms with Gasteiger partial charge in [0, 0.05) is 29.4 Å². The van der Waals surface area contributed by atoms with Crippen molar-refractivity contribution < 1.29 is 10.0 Å². The summed E-state index contributed by atoms with van der Waals surface area (Å²) >= 11 is 0. The van der Waals surface area contributed by atoms with Crippen LogP contribution in [0.15, 0.2) is 36.7 Å². The molecule has 3 aromatic rings. The van der Waals surface area contributed by atoms with E-state index in [1.54, 1.807) is 6.07 Å². The number of aromatic nitrogens is 3. The first kappa shape index (κ1) is 16.5. The molecule has 0 aliphatic heterocycles. The number of H-pyrrole nitrogens is 1. The van der Waals surface area contributed by atoms with Crippen molar-refractivity contribution >= 4 is 22.5 Å². The minimum Gasteiger partial charge on any atom is -0.393 e. The predicted octanol–water partition coefficient (Wildman–Crippen LogP) is 3.25. The SMILES string of the molecule is O=[N+]([O-])c1cccc(-c2cc3c(NC4CCC(O)CC4)ncnc3[nH]2)c1. The molecule has 8 nitrogen and oxygen atoms in total. The molecule has 0 radical (unpaired) electrons. The van der Waals surface area contributed by atoms with Gasteiger partial charge in [-0.05, 0) is 31.7 Å². The van der Waals surface area contributed by atoms with Gasteiger partial charge in [0.25, 0.3) is 5.69 Å². The van der Waals surface area contributed by atoms with E-state index in [4.69, 9.17) is 0 Å². The van der Waals surface area contributed by atoms with Gasteiger partial charge in [-0.15, -0.1) is 0 Å². The van der Waals surface area contributed by atoms with Crippen molar-refractivity contribution in [2.24, 2.45) is 0 Å². The topological polar surface area (TPSA) is 117 Å². The molecule has 4 rings (SSSR count). The summed E-state index contributed by atoms with van der Waals surface area (Å²) in [6, 6.07) is 8.67. The van der Waals surface area contributed by atoms with Gasteiger partial charge in [0.05, 0.1) is 16.4 Å². The summed E-state index contributed by atoms with van der Waals surface area (Å²) in [5, 5.41) is 24.9. The Balaban J connectivity index is 1.65. The van der Waals surface area contributed by atoms with E-state index < -0.39 is 4.92 Å². The van der Waals surface area contributed by atoms with Crippen LogP contribution < -0.4 is 5.32 Å². The Morgan fingerprint density at radius 3 is 2.77 bits per heavy atom. The highest BCUT2D eigenvalue weighted by Gasteiger charge is 2.20. The number of aliphatic hydroxyl groups excluding tert-OH is 1. The molecule has 26 heavy (non-hydrogen) atoms. The maximum absolute atomic E-state index is 11.0. The quantitative estimate of drug-likeness (QED) is 0.489. The van der Waals surface area contributed by atoms with Crippen molar-refractivity contribution in [1.29, 1.82) is 0 Å². The zero-order valence-corrected chi connectivity index (χ0v) is 14.1. The number of aromatic amines is 1. The van der Waals surface area contributed by atoms with Crippen molar-refractivity contribution in [2.75, 3.05) is 5.32 Å². The average Bonchev–Trinajstić information content (AvgIpc) is 3.09. The van der Waals surface area contributed by atoms with Crippen LogP contribution in [-0.4, -0.2) is 37.1 Å². The Morgan fingerprint density at radius 1 is 1.19 bits per heavy atom. The third-order valence-electron chi connectivity index (χ3n) is 4.83. The van der Waals surface area contributed by atoms with Crippen molar-refractivity contribution in [3.8, 4) is 11.3 Å². The number of fused-ring (bicyclic) bond motifs is 1. The lowest BCUT2D eigenvalue weighted by Gasteiger charge is -2.26. The van der Waals surface area contributed by atoms with Gasteiger partial charge in [-0.3, -0.25) is 10.1 Å². The minimum absolute atomic E-state index is 0.0475. The number of nitro groups is 1. The number of nitrogens with one attached hydrogen (secondary N) is 2. The van der Waals surface area contributed by atoms with Gasteiger partial charge in [-0.2, -0.15) is 0 Å². The molecule has 2 heterocycles. The fraction of sp³-hybridized carbons (Fsp3) is 0.333. The highest BCUT2D eigenvalue weighted by atomic mass is 16.6. The van der Waals surface area contributed by atoms with E-state index in [1.807, 2.05) is 12.1 Å². The van der Waals surface area contributed by atoms with Crippen LogP contribution in [0.1, 0.15) is 25.7 Å². The number of non-ortho nitro benzene ring substituents is 1. The molecule has 1 saturated carbocycles. The fourth-order valence-electron chi connectivity index (χ4n) is 3.41. The van der Waals surface area contributed by atoms with E-state index in [1.165, 1.54) is 18.5 Å². The first-order valence-corrected chi connectivity index (χ1v) is 8.63. The molecule has 1 fully saturated rings. The molecule has 0 unspecified atom stereocenters. The van der Waals surface area contributed by atoms with Gasteiger partial charge in [0.2, 0.25) is 0 Å². The number of aliphatic hydroxyl groups is 1. The second kappa shape index (κ2) is 6.72. The zero-order valence-electron chi connectivity index (χ0n) is 14.1. The third kappa shape index (κ3) is 3.23. The van der Waals surface area contributed by atoms with Gasteiger partial charge in [0.15, 0.2) is 0 Å². The first-order valence-electron chi connectivity index (χ1n) is 8.63. The van der Waals surface area contributed by atoms with Gasteiger partial charge >= 0.3 is 0 Å². The predicted molar refractivity (Wildman–Crippen MR) is 97.9 cm³/mol. The third-order valence-corrected chi connectivity index (χ3v) is 4.83. The standard InChI is InChI=1S/C18H19N5O3/c24-14-6-4-12(5-7-14)21-17-15-9-16(22-18(15)20-10-19-17)11-2-1-3-13(8-11)23(25)26/h1-3,8-10,12,14,24H,4-7H2,(H2,19,20,21,22). The summed E-state index contributed by atoms with van der Waals surface area (Å²) in [4.78, 5) is 22.4. The van der Waals surface area contributed by atoms with Crippen LogP contribution in [-0.2, 0) is 0 Å². The van der Waals surface area contributed by atoms with Crippen molar-refractivity contribution in [2.45, 2.75) is 37.8 Å². The molecule has 0 amide bonds. The molecule has 3 N–H and O–H groups in total. The van der Waals surface area contributed by atoms with Gasteiger partial charge < -0.3 is 15.4 Å². The van der Waals surface area contributed by atoms with E-state index in [2.05, 4.69) is 20.3 Å². The van der Waals surface area contributed by atoms with E-state index in [-0.39, 0.29) is 17.8 Å². The Bertz CT molecular complexity index is 947. The van der Waals surface area contributed by atoms with Crippen LogP contribution in [0.2, 0.25) is 0 Å². The maximum atomic E-state index is 11.0. The molecule has 0 saturated heterocycles. The smallest absolute Gasteiger partial charge is 0.270 e. The Labute approximate surface area is 149 Å². The van der Waals surface area contributed by atoms with E-state index >= 15 is 0 Å². The average molecular weight is 353 g/mol. The summed E-state index contributed by atoms with van der Waals surface area (Å²) in [5.74, 6) is 0.740. The number of anilines is 1. The second-order valence-electron chi connectivity index (χ2n) is 6.62. The van der Waals surface area contributed by atoms with Gasteiger partial charge in [-0.25, -0.2) is 9.97 Å². The molecular weight excluding hydrogens is 334 g/mol. The molecule has 0 bridgehead atoms. The monoisotopic (exact) mass is 353 g/mol. The number of nitro benzene ring substituents is 1. The van der Waals surface area contributed by atoms with Crippen LogP contribution in [0, 0.1) is 10.1 Å². The second-order valence-corrected chi connectivity index (χ2v) is 6.62. The lowest BCUT2D eigenvalue weighted by molar-refractivity contribution is -0.384. The highest BCUT2D eigenvalue weighted by Crippen LogP contribution is 2.30. The summed E-state index contributed by atoms with van der Waals surface area (Å²) in [5.41, 5.74) is 2.21. The largest absolute Gasteiger partial charge is 0.393 e. The zero-order chi connectivity index (χ0) is 18.1. The lowest BCUT2D eigenvalue weighted by Crippen LogP contribution is -2.28. The van der Waals surface area contributed by atoms with Crippen molar-refractivity contribution in [3.63, 3.8) is 0 Å². The van der Waals surface area contributed by atoms with E-state index in [9.17, 15) is 15.2 Å². The molecule has 0 spiro atoms. The van der Waals surface area contributed by atoms with Crippen LogP contribution >= 0.6 is 0 Å². The number of hydrogen-bond donors (Lipinski definition) is 3. The van der Waals surface area contributed by atoms with Crippen LogP contribution in [0.25, 0.3) is 22.3 Å². The van der Waals surface area contributed by atoms with Crippen molar-refractivity contribution in [1.82, 2.24) is 15.0 Å². The number of hydrogen-bond acceptors (Lipinski definition) is 6. The lowest BCUT2D eigenvalue weighted by atomic mass is 9.93. The van der Waals surface area contributed by atoms with E-state index in [0.29, 0.717) is 5.65 Å². The molecule has 134 valence electrons. The molecular formula is C18H19N5O3. The number of nitrogens with zero attached hydrogens (tertiary/aromatic N) is 3. The molecule has 2 aromatic heterocycles. The van der Waals surface area contributed by atoms with Gasteiger partial charge in [0.1, 0.15) is 17.8 Å². The normalized spacial score (nSPS) is 20.2. The molecule has 1 aromatic carbocycles. The fourth-order valence-corrected chi connectivity index (χ4v) is 3.41. The summed E-state index contributed by atoms with van der Waals surface area (Å²) < 4.78 is 0. The van der Waals surface area contributed by atoms with E-state index in [0.717, 1.165) is 48.1 Å². The molecule has 8 heteroatoms. The minimum atomic E-state index is -0.406. The highest BCUT2D eigenvalue weighted by molar-refractivity contribution is 5.91. The van der Waals surface area contributed by atoms with Crippen molar-refractivity contribution in [3.05, 3.63) is 46.8 Å². The summed E-state index contributed by atoms with van der Waals surface area (Å²) in [6.45, 7) is 0. The molecule has 1 aliphatic carbocycles. The first-order chi connectivity index (χ1) is 12.6. The summed E-state index contributed by atoms with van der Waals surface area (Å²) in [7, 11) is 0. The molecule has 1 aliphatic rings. The van der Waals surface area contributed by atoms with Crippen LogP contribution in [0.4, 0.5) is 11.5 Å². The maximum Gasteiger partial charge on any atom is 0.270 e. The number of rotatable bonds is 4.